The van der Waals surface area contributed by atoms with E-state index in [1.54, 1.807) is 49.7 Å². The van der Waals surface area contributed by atoms with Crippen LogP contribution < -0.4 is 14.4 Å². The fourth-order valence-corrected chi connectivity index (χ4v) is 4.72. The molecule has 32 heavy (non-hydrogen) atoms. The molecular formula is C24H23N3O4S. The Hall–Kier alpha value is -3.78. The average molecular weight is 450 g/mol. The third-order valence-electron chi connectivity index (χ3n) is 5.22. The molecule has 0 spiro atoms. The smallest absolute Gasteiger partial charge is 0.264 e. The van der Waals surface area contributed by atoms with Crippen LogP contribution in [0.15, 0.2) is 83.9 Å². The second-order valence-corrected chi connectivity index (χ2v) is 9.26. The van der Waals surface area contributed by atoms with Crippen LogP contribution in [0.2, 0.25) is 0 Å². The van der Waals surface area contributed by atoms with E-state index >= 15 is 0 Å². The summed E-state index contributed by atoms with van der Waals surface area (Å²) in [6, 6.07) is 20.7. The lowest BCUT2D eigenvalue weighted by Crippen LogP contribution is -2.26. The molecular weight excluding hydrogens is 426 g/mol. The van der Waals surface area contributed by atoms with E-state index < -0.39 is 10.0 Å². The van der Waals surface area contributed by atoms with Crippen LogP contribution in [0.4, 0.5) is 11.4 Å². The molecule has 0 aliphatic heterocycles. The zero-order chi connectivity index (χ0) is 22.7. The van der Waals surface area contributed by atoms with Gasteiger partial charge in [0, 0.05) is 29.8 Å². The van der Waals surface area contributed by atoms with Crippen molar-refractivity contribution in [2.75, 3.05) is 23.8 Å². The number of amides is 1. The van der Waals surface area contributed by atoms with Gasteiger partial charge in [0.25, 0.3) is 10.0 Å². The quantitative estimate of drug-likeness (QED) is 0.443. The Labute approximate surface area is 186 Å². The SMILES string of the molecule is COc1ccc2[nH]cc(CC(=O)Nc3cccc(S(=O)(=O)N(C)c4ccccc4)c3)c2c1. The molecule has 0 aliphatic carbocycles. The monoisotopic (exact) mass is 449 g/mol. The van der Waals surface area contributed by atoms with Crippen LogP contribution in [0.5, 0.6) is 5.75 Å². The van der Waals surface area contributed by atoms with Gasteiger partial charge in [0.05, 0.1) is 24.1 Å². The summed E-state index contributed by atoms with van der Waals surface area (Å²) in [5.74, 6) is 0.457. The van der Waals surface area contributed by atoms with Crippen molar-refractivity contribution in [3.05, 3.63) is 84.6 Å². The van der Waals surface area contributed by atoms with Gasteiger partial charge in [-0.1, -0.05) is 24.3 Å². The van der Waals surface area contributed by atoms with Crippen molar-refractivity contribution in [1.82, 2.24) is 4.98 Å². The highest BCUT2D eigenvalue weighted by Gasteiger charge is 2.21. The molecule has 164 valence electrons. The Bertz CT molecular complexity index is 1360. The number of hydrogen-bond acceptors (Lipinski definition) is 4. The molecule has 7 nitrogen and oxygen atoms in total. The highest BCUT2D eigenvalue weighted by molar-refractivity contribution is 7.92. The molecule has 8 heteroatoms. The molecule has 0 atom stereocenters. The van der Waals surface area contributed by atoms with E-state index in [0.29, 0.717) is 17.1 Å². The van der Waals surface area contributed by atoms with E-state index in [1.807, 2.05) is 24.3 Å². The molecule has 0 unspecified atom stereocenters. The normalized spacial score (nSPS) is 11.3. The van der Waals surface area contributed by atoms with Gasteiger partial charge >= 0.3 is 0 Å². The summed E-state index contributed by atoms with van der Waals surface area (Å²) >= 11 is 0. The van der Waals surface area contributed by atoms with Crippen molar-refractivity contribution in [2.24, 2.45) is 0 Å². The van der Waals surface area contributed by atoms with Gasteiger partial charge in [-0.25, -0.2) is 8.42 Å². The Morgan fingerprint density at radius 2 is 1.81 bits per heavy atom. The average Bonchev–Trinajstić information content (AvgIpc) is 3.20. The summed E-state index contributed by atoms with van der Waals surface area (Å²) in [6.07, 6.45) is 1.92. The van der Waals surface area contributed by atoms with Crippen molar-refractivity contribution in [3.63, 3.8) is 0 Å². The minimum absolute atomic E-state index is 0.0958. The molecule has 0 saturated carbocycles. The van der Waals surface area contributed by atoms with E-state index in [-0.39, 0.29) is 17.2 Å². The van der Waals surface area contributed by atoms with Crippen molar-refractivity contribution in [3.8, 4) is 5.75 Å². The number of rotatable bonds is 7. The van der Waals surface area contributed by atoms with Gasteiger partial charge in [-0.15, -0.1) is 0 Å². The first-order valence-corrected chi connectivity index (χ1v) is 11.4. The first-order chi connectivity index (χ1) is 15.4. The Morgan fingerprint density at radius 3 is 2.56 bits per heavy atom. The molecule has 3 aromatic carbocycles. The van der Waals surface area contributed by atoms with Gasteiger partial charge in [-0.05, 0) is 54.1 Å². The molecule has 1 amide bonds. The molecule has 0 fully saturated rings. The lowest BCUT2D eigenvalue weighted by Gasteiger charge is -2.19. The number of carbonyl (C=O) groups is 1. The summed E-state index contributed by atoms with van der Waals surface area (Å²) in [5, 5.41) is 3.70. The van der Waals surface area contributed by atoms with Gasteiger partial charge in [0.1, 0.15) is 5.75 Å². The number of benzene rings is 3. The number of sulfonamides is 1. The van der Waals surface area contributed by atoms with Crippen LogP contribution in [0, 0.1) is 0 Å². The van der Waals surface area contributed by atoms with E-state index in [2.05, 4.69) is 10.3 Å². The zero-order valence-electron chi connectivity index (χ0n) is 17.7. The summed E-state index contributed by atoms with van der Waals surface area (Å²) in [7, 11) is -0.679. The molecule has 0 radical (unpaired) electrons. The molecule has 1 heterocycles. The third kappa shape index (κ3) is 4.31. The van der Waals surface area contributed by atoms with E-state index in [0.717, 1.165) is 16.5 Å². The number of hydrogen-bond donors (Lipinski definition) is 2. The minimum Gasteiger partial charge on any atom is -0.497 e. The number of aromatic amines is 1. The topological polar surface area (TPSA) is 91.5 Å². The number of para-hydroxylation sites is 1. The number of fused-ring (bicyclic) bond motifs is 1. The van der Waals surface area contributed by atoms with Crippen LogP contribution in [0.1, 0.15) is 5.56 Å². The predicted molar refractivity (Wildman–Crippen MR) is 126 cm³/mol. The van der Waals surface area contributed by atoms with Gasteiger partial charge < -0.3 is 15.0 Å². The van der Waals surface area contributed by atoms with Crippen molar-refractivity contribution < 1.29 is 17.9 Å². The summed E-state index contributed by atoms with van der Waals surface area (Å²) in [4.78, 5) is 15.9. The number of nitrogens with one attached hydrogen (secondary N) is 2. The molecule has 0 aliphatic rings. The maximum Gasteiger partial charge on any atom is 0.264 e. The highest BCUT2D eigenvalue weighted by Crippen LogP contribution is 2.26. The lowest BCUT2D eigenvalue weighted by molar-refractivity contribution is -0.115. The summed E-state index contributed by atoms with van der Waals surface area (Å²) in [6.45, 7) is 0. The maximum atomic E-state index is 13.0. The number of methoxy groups -OCH3 is 1. The largest absolute Gasteiger partial charge is 0.497 e. The van der Waals surface area contributed by atoms with Crippen LogP contribution in [-0.2, 0) is 21.2 Å². The van der Waals surface area contributed by atoms with E-state index in [9.17, 15) is 13.2 Å². The Kier molecular flexibility index (Phi) is 5.87. The Morgan fingerprint density at radius 1 is 1.03 bits per heavy atom. The van der Waals surface area contributed by atoms with Crippen molar-refractivity contribution in [1.29, 1.82) is 0 Å². The second-order valence-electron chi connectivity index (χ2n) is 7.29. The minimum atomic E-state index is -3.77. The fourth-order valence-electron chi connectivity index (χ4n) is 3.48. The summed E-state index contributed by atoms with van der Waals surface area (Å²) in [5.41, 5.74) is 2.70. The third-order valence-corrected chi connectivity index (χ3v) is 7.00. The lowest BCUT2D eigenvalue weighted by atomic mass is 10.1. The second kappa shape index (κ2) is 8.76. The highest BCUT2D eigenvalue weighted by atomic mass is 32.2. The molecule has 1 aromatic heterocycles. The zero-order valence-corrected chi connectivity index (χ0v) is 18.5. The van der Waals surface area contributed by atoms with Crippen LogP contribution in [0.25, 0.3) is 10.9 Å². The van der Waals surface area contributed by atoms with E-state index in [4.69, 9.17) is 4.74 Å². The standard InChI is InChI=1S/C24H23N3O4S/c1-27(19-8-4-3-5-9-19)32(29,30)21-10-6-7-18(14-21)26-24(28)13-17-16-25-23-12-11-20(31-2)15-22(17)23/h3-12,14-16,25H,13H2,1-2H3,(H,26,28). The summed E-state index contributed by atoms with van der Waals surface area (Å²) < 4.78 is 32.5. The predicted octanol–water partition coefficient (Wildman–Crippen LogP) is 4.18. The van der Waals surface area contributed by atoms with E-state index in [1.165, 1.54) is 23.5 Å². The van der Waals surface area contributed by atoms with Crippen LogP contribution >= 0.6 is 0 Å². The number of H-pyrrole nitrogens is 1. The molecule has 0 bridgehead atoms. The van der Waals surface area contributed by atoms with Gasteiger partial charge in [0.15, 0.2) is 0 Å². The molecule has 4 rings (SSSR count). The van der Waals surface area contributed by atoms with Crippen molar-refractivity contribution >= 4 is 38.2 Å². The fraction of sp³-hybridized carbons (Fsp3) is 0.125. The number of anilines is 2. The van der Waals surface area contributed by atoms with Gasteiger partial charge in [-0.2, -0.15) is 0 Å². The van der Waals surface area contributed by atoms with Crippen LogP contribution in [0.3, 0.4) is 0 Å². The first kappa shape index (κ1) is 21.5. The molecule has 2 N–H and O–H groups in total. The van der Waals surface area contributed by atoms with Crippen molar-refractivity contribution in [2.45, 2.75) is 11.3 Å². The molecule has 4 aromatic rings. The van der Waals surface area contributed by atoms with Gasteiger partial charge in [0.2, 0.25) is 5.91 Å². The molecule has 0 saturated heterocycles. The van der Waals surface area contributed by atoms with Gasteiger partial charge in [-0.3, -0.25) is 9.10 Å². The Balaban J connectivity index is 1.52. The maximum absolute atomic E-state index is 13.0. The number of aromatic nitrogens is 1. The number of carbonyl (C=O) groups excluding carboxylic acids is 1. The number of nitrogens with zero attached hydrogens (tertiary/aromatic N) is 1. The van der Waals surface area contributed by atoms with Crippen LogP contribution in [-0.4, -0.2) is 33.5 Å². The number of ether oxygens (including phenoxy) is 1. The first-order valence-electron chi connectivity index (χ1n) is 9.96.